The molecule has 0 spiro atoms. The zero-order valence-electron chi connectivity index (χ0n) is 11.2. The molecule has 3 nitrogen and oxygen atoms in total. The van der Waals surface area contributed by atoms with E-state index in [9.17, 15) is 13.9 Å². The second-order valence-corrected chi connectivity index (χ2v) is 6.47. The second kappa shape index (κ2) is 8.62. The van der Waals surface area contributed by atoms with Gasteiger partial charge in [-0.25, -0.2) is 8.78 Å². The number of aromatic hydroxyl groups is 1. The first kappa shape index (κ1) is 19.1. The highest BCUT2D eigenvalue weighted by Gasteiger charge is 2.26. The summed E-state index contributed by atoms with van der Waals surface area (Å²) in [7, 11) is 0. The van der Waals surface area contributed by atoms with E-state index < -0.39 is 6.43 Å². The van der Waals surface area contributed by atoms with E-state index in [4.69, 9.17) is 0 Å². The molecule has 0 aliphatic carbocycles. The average Bonchev–Trinajstić information content (AvgIpc) is 2.42. The lowest BCUT2D eigenvalue weighted by molar-refractivity contribution is 0.0738. The summed E-state index contributed by atoms with van der Waals surface area (Å²) in [6.45, 7) is 3.10. The summed E-state index contributed by atoms with van der Waals surface area (Å²) in [4.78, 5) is 2.06. The Bertz CT molecular complexity index is 450. The zero-order valence-corrected chi connectivity index (χ0v) is 15.1. The summed E-state index contributed by atoms with van der Waals surface area (Å²) in [6, 6.07) is 3.09. The number of hydrogen-bond donors (Lipinski definition) is 2. The van der Waals surface area contributed by atoms with E-state index in [0.29, 0.717) is 8.95 Å². The maximum absolute atomic E-state index is 12.9. The molecule has 1 aromatic rings. The summed E-state index contributed by atoms with van der Waals surface area (Å²) >= 11 is 6.51. The van der Waals surface area contributed by atoms with Crippen molar-refractivity contribution in [3.8, 4) is 5.75 Å². The molecule has 2 rings (SSSR count). The number of nitrogens with one attached hydrogen (secondary N) is 1. The normalized spacial score (nSPS) is 17.6. The van der Waals surface area contributed by atoms with Gasteiger partial charge in [-0.05, 0) is 49.6 Å². The number of phenolic OH excluding ortho intramolecular Hbond substituents is 1. The number of hydrogen-bond acceptors (Lipinski definition) is 3. The molecule has 0 aromatic heterocycles. The van der Waals surface area contributed by atoms with Crippen molar-refractivity contribution in [2.24, 2.45) is 0 Å². The highest BCUT2D eigenvalue weighted by Crippen LogP contribution is 2.38. The number of benzene rings is 1. The smallest absolute Gasteiger partial charge is 0.240 e. The van der Waals surface area contributed by atoms with Crippen LogP contribution in [0.1, 0.15) is 18.0 Å². The third-order valence-electron chi connectivity index (χ3n) is 3.42. The first-order valence-electron chi connectivity index (χ1n) is 6.40. The summed E-state index contributed by atoms with van der Waals surface area (Å²) < 4.78 is 26.8. The van der Waals surface area contributed by atoms with Crippen LogP contribution in [-0.4, -0.2) is 42.6 Å². The van der Waals surface area contributed by atoms with Gasteiger partial charge in [0, 0.05) is 38.6 Å². The van der Waals surface area contributed by atoms with Crippen molar-refractivity contribution in [1.82, 2.24) is 10.2 Å². The summed E-state index contributed by atoms with van der Waals surface area (Å²) in [5.41, 5.74) is 0.781. The monoisotopic (exact) mass is 448 g/mol. The standard InChI is InChI=1S/C13H16Br2F2N2O.ClH/c14-9-5-8(6-10(15)13(9)20)11(7-12(16)17)19-3-1-18-2-4-19;/h5-6,11-12,18,20H,1-4,7H2;1H/t11-;/m0./s1. The molecule has 0 unspecified atom stereocenters. The van der Waals surface area contributed by atoms with Crippen molar-refractivity contribution in [2.75, 3.05) is 26.2 Å². The quantitative estimate of drug-likeness (QED) is 0.730. The number of rotatable bonds is 4. The van der Waals surface area contributed by atoms with Gasteiger partial charge in [0.25, 0.3) is 0 Å². The van der Waals surface area contributed by atoms with E-state index in [-0.39, 0.29) is 30.6 Å². The Kier molecular flexibility index (Phi) is 7.84. The molecule has 1 atom stereocenters. The molecule has 1 saturated heterocycles. The Morgan fingerprint density at radius 3 is 2.19 bits per heavy atom. The van der Waals surface area contributed by atoms with E-state index in [1.165, 1.54) is 0 Å². The summed E-state index contributed by atoms with van der Waals surface area (Å²) in [5, 5.41) is 13.0. The Labute approximate surface area is 145 Å². The molecule has 0 saturated carbocycles. The van der Waals surface area contributed by atoms with Gasteiger partial charge in [-0.2, -0.15) is 0 Å². The fraction of sp³-hybridized carbons (Fsp3) is 0.538. The van der Waals surface area contributed by atoms with E-state index in [1.807, 2.05) is 0 Å². The van der Waals surface area contributed by atoms with Crippen LogP contribution in [0.3, 0.4) is 0 Å². The van der Waals surface area contributed by atoms with Gasteiger partial charge in [-0.15, -0.1) is 12.4 Å². The van der Waals surface area contributed by atoms with E-state index >= 15 is 0 Å². The van der Waals surface area contributed by atoms with Gasteiger partial charge in [0.2, 0.25) is 6.43 Å². The molecular formula is C13H17Br2ClF2N2O. The van der Waals surface area contributed by atoms with Gasteiger partial charge in [0.1, 0.15) is 5.75 Å². The number of piperazine rings is 1. The van der Waals surface area contributed by atoms with E-state index in [0.717, 1.165) is 31.7 Å². The predicted octanol–water partition coefficient (Wildman–Crippen LogP) is 3.94. The fourth-order valence-electron chi connectivity index (χ4n) is 2.44. The maximum atomic E-state index is 12.9. The number of alkyl halides is 2. The van der Waals surface area contributed by atoms with Crippen LogP contribution in [-0.2, 0) is 0 Å². The molecule has 0 radical (unpaired) electrons. The van der Waals surface area contributed by atoms with Crippen LogP contribution in [0, 0.1) is 0 Å². The highest BCUT2D eigenvalue weighted by molar-refractivity contribution is 9.11. The molecule has 1 aliphatic rings. The SMILES string of the molecule is Cl.Oc1c(Br)cc([C@H](CC(F)F)N2CCNCC2)cc1Br. The number of nitrogens with zero attached hydrogens (tertiary/aromatic N) is 1. The van der Waals surface area contributed by atoms with Gasteiger partial charge in [0.15, 0.2) is 0 Å². The zero-order chi connectivity index (χ0) is 14.7. The first-order valence-corrected chi connectivity index (χ1v) is 7.98. The van der Waals surface area contributed by atoms with Crippen molar-refractivity contribution >= 4 is 44.3 Å². The van der Waals surface area contributed by atoms with Crippen molar-refractivity contribution in [3.05, 3.63) is 26.6 Å². The molecule has 8 heteroatoms. The van der Waals surface area contributed by atoms with Crippen molar-refractivity contribution in [2.45, 2.75) is 18.9 Å². The molecule has 0 bridgehead atoms. The molecule has 1 aliphatic heterocycles. The van der Waals surface area contributed by atoms with Crippen molar-refractivity contribution in [1.29, 1.82) is 0 Å². The maximum Gasteiger partial charge on any atom is 0.240 e. The van der Waals surface area contributed by atoms with Gasteiger partial charge in [-0.3, -0.25) is 4.90 Å². The fourth-order valence-corrected chi connectivity index (χ4v) is 3.66. The molecule has 120 valence electrons. The minimum Gasteiger partial charge on any atom is -0.506 e. The van der Waals surface area contributed by atoms with E-state index in [1.54, 1.807) is 12.1 Å². The average molecular weight is 451 g/mol. The van der Waals surface area contributed by atoms with Crippen LogP contribution in [0.2, 0.25) is 0 Å². The summed E-state index contributed by atoms with van der Waals surface area (Å²) in [6.07, 6.45) is -2.56. The molecule has 1 heterocycles. The molecule has 1 fully saturated rings. The Balaban J connectivity index is 0.00000220. The summed E-state index contributed by atoms with van der Waals surface area (Å²) in [5.74, 6) is 0.0878. The van der Waals surface area contributed by atoms with Crippen LogP contribution in [0.4, 0.5) is 8.78 Å². The largest absolute Gasteiger partial charge is 0.506 e. The van der Waals surface area contributed by atoms with Crippen LogP contribution >= 0.6 is 44.3 Å². The Morgan fingerprint density at radius 1 is 1.19 bits per heavy atom. The van der Waals surface area contributed by atoms with Crippen LogP contribution in [0.25, 0.3) is 0 Å². The van der Waals surface area contributed by atoms with Crippen LogP contribution < -0.4 is 5.32 Å². The Hall–Kier alpha value is 0.0500. The third kappa shape index (κ3) is 5.03. The van der Waals surface area contributed by atoms with Gasteiger partial charge >= 0.3 is 0 Å². The lowest BCUT2D eigenvalue weighted by Gasteiger charge is -2.35. The third-order valence-corrected chi connectivity index (χ3v) is 4.63. The molecule has 1 aromatic carbocycles. The van der Waals surface area contributed by atoms with Crippen molar-refractivity contribution < 1.29 is 13.9 Å². The predicted molar refractivity (Wildman–Crippen MR) is 88.6 cm³/mol. The molecular weight excluding hydrogens is 433 g/mol. The van der Waals surface area contributed by atoms with Crippen LogP contribution in [0.15, 0.2) is 21.1 Å². The van der Waals surface area contributed by atoms with Crippen LogP contribution in [0.5, 0.6) is 5.75 Å². The highest BCUT2D eigenvalue weighted by atomic mass is 79.9. The van der Waals surface area contributed by atoms with Gasteiger partial charge < -0.3 is 10.4 Å². The van der Waals surface area contributed by atoms with Gasteiger partial charge in [0.05, 0.1) is 8.95 Å². The molecule has 0 amide bonds. The van der Waals surface area contributed by atoms with Crippen molar-refractivity contribution in [3.63, 3.8) is 0 Å². The molecule has 21 heavy (non-hydrogen) atoms. The lowest BCUT2D eigenvalue weighted by atomic mass is 10.0. The van der Waals surface area contributed by atoms with Gasteiger partial charge in [-0.1, -0.05) is 0 Å². The number of phenols is 1. The first-order chi connectivity index (χ1) is 9.49. The second-order valence-electron chi connectivity index (χ2n) is 4.76. The van der Waals surface area contributed by atoms with E-state index in [2.05, 4.69) is 42.1 Å². The Morgan fingerprint density at radius 2 is 1.71 bits per heavy atom. The minimum absolute atomic E-state index is 0. The molecule has 2 N–H and O–H groups in total. The lowest BCUT2D eigenvalue weighted by Crippen LogP contribution is -2.45. The number of halogens is 5. The topological polar surface area (TPSA) is 35.5 Å². The minimum atomic E-state index is -2.36.